The number of benzene rings is 1. The first-order chi connectivity index (χ1) is 8.40. The molecular weight excluding hydrogens is 278 g/mol. The van der Waals surface area contributed by atoms with Gasteiger partial charge in [0.25, 0.3) is 5.91 Å². The Kier molecular flexibility index (Phi) is 4.87. The summed E-state index contributed by atoms with van der Waals surface area (Å²) in [5.41, 5.74) is 10.8. The normalized spacial score (nSPS) is 9.61. The minimum atomic E-state index is -0.946. The third-order valence-electron chi connectivity index (χ3n) is 1.84. The molecule has 0 aliphatic carbocycles. The first-order valence-corrected chi connectivity index (χ1v) is 5.50. The van der Waals surface area contributed by atoms with Crippen LogP contribution in [-0.4, -0.2) is 23.5 Å². The molecule has 0 fully saturated rings. The Hall–Kier alpha value is -1.86. The van der Waals surface area contributed by atoms with Crippen molar-refractivity contribution in [1.29, 1.82) is 0 Å². The summed E-state index contributed by atoms with van der Waals surface area (Å²) < 4.78 is 5.10. The van der Waals surface area contributed by atoms with Crippen LogP contribution in [0.15, 0.2) is 18.2 Å². The van der Waals surface area contributed by atoms with Crippen molar-refractivity contribution in [3.05, 3.63) is 28.8 Å². The van der Waals surface area contributed by atoms with Crippen molar-refractivity contribution in [3.8, 4) is 5.75 Å². The summed E-state index contributed by atoms with van der Waals surface area (Å²) in [6.07, 6.45) is 0. The summed E-state index contributed by atoms with van der Waals surface area (Å²) in [6.45, 7) is -0.380. The summed E-state index contributed by atoms with van der Waals surface area (Å²) in [7, 11) is 0. The van der Waals surface area contributed by atoms with Crippen LogP contribution in [0.4, 0.5) is 4.79 Å². The Balaban J connectivity index is 2.66. The number of rotatable bonds is 4. The average molecular weight is 288 g/mol. The number of urea groups is 1. The van der Waals surface area contributed by atoms with E-state index in [-0.39, 0.29) is 22.4 Å². The molecule has 8 heteroatoms. The number of amides is 3. The molecule has 0 saturated heterocycles. The lowest BCUT2D eigenvalue weighted by molar-refractivity contribution is -0.121. The number of carbonyl (C=O) groups excluding carboxylic acids is 2. The van der Waals surface area contributed by atoms with E-state index in [0.29, 0.717) is 5.56 Å². The number of hydrogen-bond donors (Lipinski definition) is 3. The van der Waals surface area contributed by atoms with Crippen LogP contribution in [0.1, 0.15) is 5.56 Å². The largest absolute Gasteiger partial charge is 0.482 e. The number of primary amides is 1. The quantitative estimate of drug-likeness (QED) is 0.701. The van der Waals surface area contributed by atoms with Crippen LogP contribution in [0.25, 0.3) is 0 Å². The highest BCUT2D eigenvalue weighted by Crippen LogP contribution is 2.25. The minimum Gasteiger partial charge on any atom is -0.482 e. The fourth-order valence-electron chi connectivity index (χ4n) is 1.09. The van der Waals surface area contributed by atoms with Gasteiger partial charge in [-0.3, -0.25) is 10.1 Å². The van der Waals surface area contributed by atoms with E-state index in [1.807, 2.05) is 5.32 Å². The Morgan fingerprint density at radius 2 is 2.06 bits per heavy atom. The SMILES string of the molecule is NC(=O)NC(=O)COc1ccc(C(N)=S)cc1Cl. The van der Waals surface area contributed by atoms with Gasteiger partial charge in [0.2, 0.25) is 0 Å². The van der Waals surface area contributed by atoms with E-state index in [4.69, 9.17) is 40.0 Å². The van der Waals surface area contributed by atoms with E-state index in [2.05, 4.69) is 0 Å². The van der Waals surface area contributed by atoms with Gasteiger partial charge in [0, 0.05) is 5.56 Å². The molecular formula is C10H10ClN3O3S. The van der Waals surface area contributed by atoms with Gasteiger partial charge in [0.05, 0.1) is 5.02 Å². The number of thiocarbonyl (C=S) groups is 1. The molecule has 1 aromatic rings. The predicted octanol–water partition coefficient (Wildman–Crippen LogP) is 0.548. The lowest BCUT2D eigenvalue weighted by atomic mass is 10.2. The van der Waals surface area contributed by atoms with E-state index in [0.717, 1.165) is 0 Å². The van der Waals surface area contributed by atoms with E-state index in [1.165, 1.54) is 12.1 Å². The summed E-state index contributed by atoms with van der Waals surface area (Å²) >= 11 is 10.7. The highest BCUT2D eigenvalue weighted by Gasteiger charge is 2.08. The number of halogens is 1. The molecule has 18 heavy (non-hydrogen) atoms. The molecule has 0 aliphatic rings. The molecule has 0 saturated carbocycles. The van der Waals surface area contributed by atoms with E-state index in [9.17, 15) is 9.59 Å². The second-order valence-electron chi connectivity index (χ2n) is 3.21. The molecule has 0 aliphatic heterocycles. The van der Waals surface area contributed by atoms with Gasteiger partial charge in [-0.25, -0.2) is 4.79 Å². The van der Waals surface area contributed by atoms with E-state index in [1.54, 1.807) is 6.07 Å². The Morgan fingerprint density at radius 1 is 1.39 bits per heavy atom. The van der Waals surface area contributed by atoms with Crippen molar-refractivity contribution in [2.45, 2.75) is 0 Å². The number of ether oxygens (including phenoxy) is 1. The van der Waals surface area contributed by atoms with Gasteiger partial charge in [0.1, 0.15) is 10.7 Å². The monoisotopic (exact) mass is 287 g/mol. The Bertz CT molecular complexity index is 507. The van der Waals surface area contributed by atoms with Crippen molar-refractivity contribution >= 4 is 40.7 Å². The summed E-state index contributed by atoms with van der Waals surface area (Å²) in [6, 6.07) is 3.70. The van der Waals surface area contributed by atoms with E-state index >= 15 is 0 Å². The Morgan fingerprint density at radius 3 is 2.56 bits per heavy atom. The molecule has 3 amide bonds. The van der Waals surface area contributed by atoms with Crippen molar-refractivity contribution in [2.75, 3.05) is 6.61 Å². The summed E-state index contributed by atoms with van der Waals surface area (Å²) in [5, 5.41) is 2.11. The van der Waals surface area contributed by atoms with Crippen LogP contribution in [0.2, 0.25) is 5.02 Å². The number of carbonyl (C=O) groups is 2. The highest BCUT2D eigenvalue weighted by atomic mass is 35.5. The third kappa shape index (κ3) is 4.19. The molecule has 0 heterocycles. The van der Waals surface area contributed by atoms with Crippen molar-refractivity contribution in [1.82, 2.24) is 5.32 Å². The number of nitrogens with two attached hydrogens (primary N) is 2. The van der Waals surface area contributed by atoms with E-state index < -0.39 is 11.9 Å². The lowest BCUT2D eigenvalue weighted by Gasteiger charge is -2.08. The zero-order valence-corrected chi connectivity index (χ0v) is 10.7. The van der Waals surface area contributed by atoms with Crippen LogP contribution in [-0.2, 0) is 4.79 Å². The molecule has 6 nitrogen and oxygen atoms in total. The molecule has 1 rings (SSSR count). The maximum Gasteiger partial charge on any atom is 0.318 e. The zero-order valence-electron chi connectivity index (χ0n) is 9.10. The fourth-order valence-corrected chi connectivity index (χ4v) is 1.45. The smallest absolute Gasteiger partial charge is 0.318 e. The third-order valence-corrected chi connectivity index (χ3v) is 2.37. The Labute approximate surface area is 113 Å². The minimum absolute atomic E-state index is 0.204. The maximum atomic E-state index is 11.1. The van der Waals surface area contributed by atoms with Crippen LogP contribution < -0.4 is 21.5 Å². The van der Waals surface area contributed by atoms with Gasteiger partial charge in [-0.05, 0) is 18.2 Å². The summed E-state index contributed by atoms with van der Waals surface area (Å²) in [5.74, 6) is -0.395. The second-order valence-corrected chi connectivity index (χ2v) is 4.06. The van der Waals surface area contributed by atoms with Gasteiger partial charge >= 0.3 is 6.03 Å². The van der Waals surface area contributed by atoms with Crippen molar-refractivity contribution in [2.24, 2.45) is 11.5 Å². The summed E-state index contributed by atoms with van der Waals surface area (Å²) in [4.78, 5) is 21.7. The van der Waals surface area contributed by atoms with Crippen LogP contribution >= 0.6 is 23.8 Å². The van der Waals surface area contributed by atoms with Gasteiger partial charge in [-0.1, -0.05) is 23.8 Å². The standard InChI is InChI=1S/C10H10ClN3O3S/c11-6-3-5(9(12)18)1-2-7(6)17-4-8(15)14-10(13)16/h1-3H,4H2,(H2,12,18)(H3,13,14,15,16). The molecule has 0 radical (unpaired) electrons. The topological polar surface area (TPSA) is 107 Å². The molecule has 0 aromatic heterocycles. The first-order valence-electron chi connectivity index (χ1n) is 4.71. The molecule has 0 unspecified atom stereocenters. The van der Waals surface area contributed by atoms with Gasteiger partial charge in [-0.15, -0.1) is 0 Å². The second kappa shape index (κ2) is 6.18. The molecule has 1 aromatic carbocycles. The molecule has 96 valence electrons. The fraction of sp³-hybridized carbons (Fsp3) is 0.100. The van der Waals surface area contributed by atoms with Crippen molar-refractivity contribution in [3.63, 3.8) is 0 Å². The van der Waals surface area contributed by atoms with Gasteiger partial charge in [-0.2, -0.15) is 0 Å². The molecule has 0 spiro atoms. The number of hydrogen-bond acceptors (Lipinski definition) is 4. The highest BCUT2D eigenvalue weighted by molar-refractivity contribution is 7.80. The zero-order chi connectivity index (χ0) is 13.7. The molecule has 0 atom stereocenters. The van der Waals surface area contributed by atoms with Crippen LogP contribution in [0, 0.1) is 0 Å². The van der Waals surface area contributed by atoms with Gasteiger partial charge < -0.3 is 16.2 Å². The predicted molar refractivity (Wildman–Crippen MR) is 70.6 cm³/mol. The number of imide groups is 1. The van der Waals surface area contributed by atoms with Gasteiger partial charge in [0.15, 0.2) is 6.61 Å². The lowest BCUT2D eigenvalue weighted by Crippen LogP contribution is -2.38. The average Bonchev–Trinajstić information content (AvgIpc) is 2.26. The van der Waals surface area contributed by atoms with Crippen LogP contribution in [0.3, 0.4) is 0 Å². The van der Waals surface area contributed by atoms with Crippen LogP contribution in [0.5, 0.6) is 5.75 Å². The molecule has 0 bridgehead atoms. The molecule has 5 N–H and O–H groups in total. The number of nitrogens with one attached hydrogen (secondary N) is 1. The maximum absolute atomic E-state index is 11.1. The first kappa shape index (κ1) is 14.2. The van der Waals surface area contributed by atoms with Crippen molar-refractivity contribution < 1.29 is 14.3 Å².